The lowest BCUT2D eigenvalue weighted by atomic mass is 9.94. The topological polar surface area (TPSA) is 0 Å². The number of hydrogen-bond donors (Lipinski definition) is 0. The van der Waals surface area contributed by atoms with Crippen LogP contribution in [0.3, 0.4) is 0 Å². The molecular formula is C12H20. The van der Waals surface area contributed by atoms with Gasteiger partial charge in [-0.2, -0.15) is 0 Å². The fourth-order valence-electron chi connectivity index (χ4n) is 0.969. The van der Waals surface area contributed by atoms with Crippen LogP contribution in [-0.2, 0) is 0 Å². The molecule has 0 aromatic heterocycles. The van der Waals surface area contributed by atoms with Crippen molar-refractivity contribution in [2.75, 3.05) is 0 Å². The highest BCUT2D eigenvalue weighted by Gasteiger charge is 2.03. The molecule has 0 N–H and O–H groups in total. The van der Waals surface area contributed by atoms with Crippen LogP contribution in [0.5, 0.6) is 0 Å². The second kappa shape index (κ2) is 4.97. The van der Waals surface area contributed by atoms with Crippen molar-refractivity contribution in [2.24, 2.45) is 5.92 Å². The molecule has 0 heterocycles. The fourth-order valence-corrected chi connectivity index (χ4v) is 0.969. The number of hydrogen-bond acceptors (Lipinski definition) is 0. The van der Waals surface area contributed by atoms with Crippen molar-refractivity contribution >= 4 is 0 Å². The molecule has 0 radical (unpaired) electrons. The van der Waals surface area contributed by atoms with Gasteiger partial charge < -0.3 is 0 Å². The molecule has 12 heavy (non-hydrogen) atoms. The van der Waals surface area contributed by atoms with Crippen molar-refractivity contribution in [3.05, 3.63) is 36.0 Å². The van der Waals surface area contributed by atoms with E-state index in [2.05, 4.69) is 40.9 Å². The van der Waals surface area contributed by atoms with Gasteiger partial charge in [-0.05, 0) is 33.1 Å². The van der Waals surface area contributed by atoms with E-state index in [1.807, 2.05) is 6.08 Å². The van der Waals surface area contributed by atoms with Crippen molar-refractivity contribution in [3.63, 3.8) is 0 Å². The average molecular weight is 164 g/mol. The van der Waals surface area contributed by atoms with Crippen molar-refractivity contribution in [3.8, 4) is 0 Å². The third-order valence-electron chi connectivity index (χ3n) is 2.43. The highest BCUT2D eigenvalue weighted by Crippen LogP contribution is 2.19. The molecule has 0 nitrogen and oxygen atoms in total. The predicted molar refractivity (Wildman–Crippen MR) is 57.2 cm³/mol. The summed E-state index contributed by atoms with van der Waals surface area (Å²) in [4.78, 5) is 0. The Labute approximate surface area is 76.7 Å². The van der Waals surface area contributed by atoms with E-state index in [1.165, 1.54) is 16.7 Å². The molecule has 0 bridgehead atoms. The summed E-state index contributed by atoms with van der Waals surface area (Å²) in [7, 11) is 0. The van der Waals surface area contributed by atoms with Gasteiger partial charge in [0, 0.05) is 0 Å². The predicted octanol–water partition coefficient (Wildman–Crippen LogP) is 4.11. The summed E-state index contributed by atoms with van der Waals surface area (Å²) in [6, 6.07) is 0. The zero-order valence-corrected chi connectivity index (χ0v) is 8.78. The van der Waals surface area contributed by atoms with E-state index in [9.17, 15) is 0 Å². The summed E-state index contributed by atoms with van der Waals surface area (Å²) in [5.74, 6) is 0.583. The van der Waals surface area contributed by atoms with Gasteiger partial charge in [0.15, 0.2) is 0 Å². The van der Waals surface area contributed by atoms with E-state index in [-0.39, 0.29) is 0 Å². The molecule has 0 rings (SSSR count). The van der Waals surface area contributed by atoms with Crippen LogP contribution in [0.25, 0.3) is 0 Å². The standard InChI is InChI=1S/C12H20/c1-7-10(4)12(6)8-11(5)9(2)3/h7,11H,1-2,8H2,3-6H3. The Morgan fingerprint density at radius 3 is 2.17 bits per heavy atom. The second-order valence-corrected chi connectivity index (χ2v) is 3.62. The number of allylic oxidation sites excluding steroid dienone is 4. The molecule has 0 heteroatoms. The average Bonchev–Trinajstić information content (AvgIpc) is 2.02. The maximum atomic E-state index is 3.94. The Hall–Kier alpha value is -0.780. The smallest absolute Gasteiger partial charge is 0.0200 e. The third-order valence-corrected chi connectivity index (χ3v) is 2.43. The highest BCUT2D eigenvalue weighted by atomic mass is 14.1. The van der Waals surface area contributed by atoms with Crippen LogP contribution in [0.15, 0.2) is 36.0 Å². The van der Waals surface area contributed by atoms with Crippen molar-refractivity contribution in [2.45, 2.75) is 34.1 Å². The Kier molecular flexibility index (Phi) is 4.65. The summed E-state index contributed by atoms with van der Waals surface area (Å²) in [5.41, 5.74) is 3.97. The minimum absolute atomic E-state index is 0.583. The molecule has 0 fully saturated rings. The molecule has 1 atom stereocenters. The van der Waals surface area contributed by atoms with E-state index in [4.69, 9.17) is 0 Å². The van der Waals surface area contributed by atoms with Crippen LogP contribution < -0.4 is 0 Å². The largest absolute Gasteiger partial charge is 0.0999 e. The molecule has 0 aliphatic heterocycles. The molecule has 1 unspecified atom stereocenters. The number of rotatable bonds is 4. The van der Waals surface area contributed by atoms with Crippen LogP contribution in [0.1, 0.15) is 34.1 Å². The molecule has 0 spiro atoms. The molecule has 0 saturated carbocycles. The first-order valence-corrected chi connectivity index (χ1v) is 4.43. The van der Waals surface area contributed by atoms with E-state index in [0.717, 1.165) is 6.42 Å². The first-order chi connectivity index (χ1) is 5.49. The van der Waals surface area contributed by atoms with E-state index in [0.29, 0.717) is 5.92 Å². The fraction of sp³-hybridized carbons (Fsp3) is 0.500. The lowest BCUT2D eigenvalue weighted by molar-refractivity contribution is 0.671. The summed E-state index contributed by atoms with van der Waals surface area (Å²) >= 11 is 0. The minimum atomic E-state index is 0.583. The maximum absolute atomic E-state index is 3.94. The van der Waals surface area contributed by atoms with Gasteiger partial charge in [-0.3, -0.25) is 0 Å². The van der Waals surface area contributed by atoms with Gasteiger partial charge in [-0.15, -0.1) is 0 Å². The lowest BCUT2D eigenvalue weighted by Crippen LogP contribution is -1.96. The summed E-state index contributed by atoms with van der Waals surface area (Å²) < 4.78 is 0. The first-order valence-electron chi connectivity index (χ1n) is 4.43. The third kappa shape index (κ3) is 3.56. The van der Waals surface area contributed by atoms with Gasteiger partial charge in [-0.25, -0.2) is 0 Å². The molecule has 0 aromatic rings. The lowest BCUT2D eigenvalue weighted by Gasteiger charge is -2.12. The molecular weight excluding hydrogens is 144 g/mol. The van der Waals surface area contributed by atoms with Crippen molar-refractivity contribution < 1.29 is 0 Å². The zero-order valence-electron chi connectivity index (χ0n) is 8.78. The van der Waals surface area contributed by atoms with Gasteiger partial charge >= 0.3 is 0 Å². The summed E-state index contributed by atoms with van der Waals surface area (Å²) in [6.45, 7) is 16.3. The van der Waals surface area contributed by atoms with Crippen molar-refractivity contribution in [1.29, 1.82) is 0 Å². The Morgan fingerprint density at radius 2 is 1.83 bits per heavy atom. The Bertz CT molecular complexity index is 206. The van der Waals surface area contributed by atoms with Crippen molar-refractivity contribution in [1.82, 2.24) is 0 Å². The molecule has 0 aliphatic rings. The van der Waals surface area contributed by atoms with E-state index >= 15 is 0 Å². The van der Waals surface area contributed by atoms with E-state index < -0.39 is 0 Å². The van der Waals surface area contributed by atoms with Crippen LogP contribution in [0.2, 0.25) is 0 Å². The van der Waals surface area contributed by atoms with Crippen LogP contribution in [-0.4, -0.2) is 0 Å². The first kappa shape index (κ1) is 11.2. The van der Waals surface area contributed by atoms with E-state index in [1.54, 1.807) is 0 Å². The molecule has 0 aromatic carbocycles. The van der Waals surface area contributed by atoms with Gasteiger partial charge in [0.25, 0.3) is 0 Å². The van der Waals surface area contributed by atoms with Gasteiger partial charge in [-0.1, -0.05) is 42.9 Å². The normalized spacial score (nSPS) is 15.0. The quantitative estimate of drug-likeness (QED) is 0.433. The Balaban J connectivity index is 4.27. The van der Waals surface area contributed by atoms with Crippen LogP contribution in [0.4, 0.5) is 0 Å². The van der Waals surface area contributed by atoms with Gasteiger partial charge in [0.05, 0.1) is 0 Å². The maximum Gasteiger partial charge on any atom is -0.0200 e. The highest BCUT2D eigenvalue weighted by molar-refractivity contribution is 5.21. The summed E-state index contributed by atoms with van der Waals surface area (Å²) in [6.07, 6.45) is 3.02. The molecule has 0 amide bonds. The van der Waals surface area contributed by atoms with Crippen LogP contribution in [0, 0.1) is 5.92 Å². The van der Waals surface area contributed by atoms with Crippen LogP contribution >= 0.6 is 0 Å². The second-order valence-electron chi connectivity index (χ2n) is 3.62. The zero-order chi connectivity index (χ0) is 9.72. The minimum Gasteiger partial charge on any atom is -0.0999 e. The Morgan fingerprint density at radius 1 is 1.33 bits per heavy atom. The SMILES string of the molecule is C=CC(C)=C(C)CC(C)C(=C)C. The van der Waals surface area contributed by atoms with Gasteiger partial charge in [0.2, 0.25) is 0 Å². The molecule has 0 aliphatic carbocycles. The monoisotopic (exact) mass is 164 g/mol. The molecule has 0 saturated heterocycles. The molecule has 68 valence electrons. The summed E-state index contributed by atoms with van der Waals surface area (Å²) in [5, 5.41) is 0. The van der Waals surface area contributed by atoms with Gasteiger partial charge in [0.1, 0.15) is 0 Å².